The van der Waals surface area contributed by atoms with Crippen LogP contribution in [0, 0.1) is 0 Å². The zero-order valence-electron chi connectivity index (χ0n) is 12.2. The molecule has 0 aromatic heterocycles. The summed E-state index contributed by atoms with van der Waals surface area (Å²) in [5, 5.41) is 2.93. The highest BCUT2D eigenvalue weighted by atomic mass is 16.1. The molecule has 1 amide bonds. The number of nitrogen functional groups attached to an aromatic ring is 1. The van der Waals surface area contributed by atoms with E-state index in [0.29, 0.717) is 17.8 Å². The number of benzene rings is 1. The first-order valence-electron chi connectivity index (χ1n) is 6.41. The van der Waals surface area contributed by atoms with Crippen molar-refractivity contribution in [1.82, 2.24) is 10.2 Å². The van der Waals surface area contributed by atoms with Crippen LogP contribution in [-0.2, 0) is 0 Å². The number of carbonyl (C=O) groups is 1. The average molecular weight is 264 g/mol. The van der Waals surface area contributed by atoms with E-state index in [0.717, 1.165) is 18.7 Å². The van der Waals surface area contributed by atoms with Gasteiger partial charge in [-0.2, -0.15) is 0 Å². The van der Waals surface area contributed by atoms with Gasteiger partial charge in [0.25, 0.3) is 5.91 Å². The van der Waals surface area contributed by atoms with Gasteiger partial charge in [0.1, 0.15) is 0 Å². The topological polar surface area (TPSA) is 61.6 Å². The van der Waals surface area contributed by atoms with Crippen LogP contribution in [0.3, 0.4) is 0 Å². The number of amides is 1. The third kappa shape index (κ3) is 4.79. The Hall–Kier alpha value is -1.75. The van der Waals surface area contributed by atoms with E-state index in [9.17, 15) is 4.79 Å². The van der Waals surface area contributed by atoms with E-state index in [1.165, 1.54) is 0 Å². The fourth-order valence-electron chi connectivity index (χ4n) is 1.82. The molecule has 1 aromatic rings. The average Bonchev–Trinajstić information content (AvgIpc) is 2.33. The van der Waals surface area contributed by atoms with Crippen LogP contribution in [0.1, 0.15) is 16.8 Å². The molecular formula is C14H24N4O. The zero-order valence-corrected chi connectivity index (χ0v) is 12.2. The molecule has 106 valence electrons. The van der Waals surface area contributed by atoms with Crippen LogP contribution in [0.2, 0.25) is 0 Å². The SMILES string of the molecule is CN(C)CCCNC(=O)c1cc(N)ccc1N(C)C. The summed E-state index contributed by atoms with van der Waals surface area (Å²) in [5.41, 5.74) is 7.85. The van der Waals surface area contributed by atoms with Gasteiger partial charge in [0.15, 0.2) is 0 Å². The summed E-state index contributed by atoms with van der Waals surface area (Å²) < 4.78 is 0. The van der Waals surface area contributed by atoms with Gasteiger partial charge < -0.3 is 20.9 Å². The summed E-state index contributed by atoms with van der Waals surface area (Å²) in [6, 6.07) is 5.39. The molecule has 0 radical (unpaired) electrons. The lowest BCUT2D eigenvalue weighted by Crippen LogP contribution is -2.28. The normalized spacial score (nSPS) is 10.6. The minimum Gasteiger partial charge on any atom is -0.399 e. The molecule has 0 unspecified atom stereocenters. The number of nitrogens with two attached hydrogens (primary N) is 1. The Morgan fingerprint density at radius 2 is 1.95 bits per heavy atom. The van der Waals surface area contributed by atoms with Crippen LogP contribution in [0.25, 0.3) is 0 Å². The van der Waals surface area contributed by atoms with Crippen LogP contribution in [0.4, 0.5) is 11.4 Å². The lowest BCUT2D eigenvalue weighted by atomic mass is 10.1. The van der Waals surface area contributed by atoms with E-state index in [2.05, 4.69) is 10.2 Å². The van der Waals surface area contributed by atoms with Crippen LogP contribution >= 0.6 is 0 Å². The summed E-state index contributed by atoms with van der Waals surface area (Å²) in [6.45, 7) is 1.62. The van der Waals surface area contributed by atoms with Crippen molar-refractivity contribution in [3.05, 3.63) is 23.8 Å². The molecule has 0 atom stereocenters. The maximum absolute atomic E-state index is 12.2. The predicted molar refractivity (Wildman–Crippen MR) is 80.7 cm³/mol. The smallest absolute Gasteiger partial charge is 0.253 e. The molecule has 0 bridgehead atoms. The molecule has 0 fully saturated rings. The van der Waals surface area contributed by atoms with E-state index in [-0.39, 0.29) is 5.91 Å². The maximum atomic E-state index is 12.2. The minimum absolute atomic E-state index is 0.0743. The van der Waals surface area contributed by atoms with Gasteiger partial charge in [0.2, 0.25) is 0 Å². The van der Waals surface area contributed by atoms with Crippen molar-refractivity contribution in [2.24, 2.45) is 0 Å². The van der Waals surface area contributed by atoms with Gasteiger partial charge in [-0.3, -0.25) is 4.79 Å². The molecule has 0 aliphatic carbocycles. The van der Waals surface area contributed by atoms with Gasteiger partial charge >= 0.3 is 0 Å². The molecule has 0 aliphatic heterocycles. The van der Waals surface area contributed by atoms with Crippen molar-refractivity contribution in [3.63, 3.8) is 0 Å². The van der Waals surface area contributed by atoms with Gasteiger partial charge in [0, 0.05) is 32.0 Å². The standard InChI is InChI=1S/C14H24N4O/c1-17(2)9-5-8-16-14(19)12-10-11(15)6-7-13(12)18(3)4/h6-7,10H,5,8-9,15H2,1-4H3,(H,16,19). The lowest BCUT2D eigenvalue weighted by Gasteiger charge is -2.18. The number of anilines is 2. The number of hydrogen-bond donors (Lipinski definition) is 2. The molecule has 5 heteroatoms. The molecule has 0 spiro atoms. The summed E-state index contributed by atoms with van der Waals surface area (Å²) in [4.78, 5) is 16.2. The zero-order chi connectivity index (χ0) is 14.4. The van der Waals surface area contributed by atoms with Gasteiger partial charge in [-0.25, -0.2) is 0 Å². The quantitative estimate of drug-likeness (QED) is 0.595. The molecule has 5 nitrogen and oxygen atoms in total. The Morgan fingerprint density at radius 3 is 2.53 bits per heavy atom. The highest BCUT2D eigenvalue weighted by molar-refractivity contribution is 6.00. The van der Waals surface area contributed by atoms with Crippen molar-refractivity contribution < 1.29 is 4.79 Å². The first-order chi connectivity index (χ1) is 8.91. The number of hydrogen-bond acceptors (Lipinski definition) is 4. The van der Waals surface area contributed by atoms with Crippen LogP contribution < -0.4 is 16.0 Å². The first kappa shape index (κ1) is 15.3. The Kier molecular flexibility index (Phi) is 5.63. The highest BCUT2D eigenvalue weighted by Crippen LogP contribution is 2.21. The lowest BCUT2D eigenvalue weighted by molar-refractivity contribution is 0.0953. The highest BCUT2D eigenvalue weighted by Gasteiger charge is 2.12. The monoisotopic (exact) mass is 264 g/mol. The molecule has 1 aromatic carbocycles. The molecule has 0 saturated heterocycles. The van der Waals surface area contributed by atoms with Gasteiger partial charge in [-0.1, -0.05) is 0 Å². The molecule has 1 rings (SSSR count). The number of nitrogens with one attached hydrogen (secondary N) is 1. The second-order valence-electron chi connectivity index (χ2n) is 5.08. The summed E-state index contributed by atoms with van der Waals surface area (Å²) in [7, 11) is 7.86. The number of nitrogens with zero attached hydrogens (tertiary/aromatic N) is 2. The fraction of sp³-hybridized carbons (Fsp3) is 0.500. The molecule has 0 saturated carbocycles. The van der Waals surface area contributed by atoms with Crippen LogP contribution in [-0.4, -0.2) is 52.1 Å². The van der Waals surface area contributed by atoms with Crippen molar-refractivity contribution in [2.75, 3.05) is 51.9 Å². The van der Waals surface area contributed by atoms with Crippen molar-refractivity contribution in [2.45, 2.75) is 6.42 Å². The van der Waals surface area contributed by atoms with Crippen LogP contribution in [0.5, 0.6) is 0 Å². The Labute approximate surface area is 115 Å². The van der Waals surface area contributed by atoms with E-state index < -0.39 is 0 Å². The van der Waals surface area contributed by atoms with Gasteiger partial charge in [-0.15, -0.1) is 0 Å². The molecule has 0 heterocycles. The predicted octanol–water partition coefficient (Wildman–Crippen LogP) is 1.02. The summed E-state index contributed by atoms with van der Waals surface area (Å²) in [5.74, 6) is -0.0743. The fourth-order valence-corrected chi connectivity index (χ4v) is 1.82. The largest absolute Gasteiger partial charge is 0.399 e. The molecule has 0 aliphatic rings. The third-order valence-corrected chi connectivity index (χ3v) is 2.81. The number of rotatable bonds is 6. The molecule has 3 N–H and O–H groups in total. The Morgan fingerprint density at radius 1 is 1.26 bits per heavy atom. The van der Waals surface area contributed by atoms with Gasteiger partial charge in [-0.05, 0) is 45.3 Å². The maximum Gasteiger partial charge on any atom is 0.253 e. The third-order valence-electron chi connectivity index (χ3n) is 2.81. The van der Waals surface area contributed by atoms with E-state index in [1.54, 1.807) is 12.1 Å². The van der Waals surface area contributed by atoms with Crippen molar-refractivity contribution >= 4 is 17.3 Å². The van der Waals surface area contributed by atoms with Gasteiger partial charge in [0.05, 0.1) is 5.56 Å². The molecule has 19 heavy (non-hydrogen) atoms. The molecular weight excluding hydrogens is 240 g/mol. The number of carbonyl (C=O) groups excluding carboxylic acids is 1. The first-order valence-corrected chi connectivity index (χ1v) is 6.41. The minimum atomic E-state index is -0.0743. The Bertz CT molecular complexity index is 429. The van der Waals surface area contributed by atoms with E-state index >= 15 is 0 Å². The van der Waals surface area contributed by atoms with Crippen LogP contribution in [0.15, 0.2) is 18.2 Å². The Balaban J connectivity index is 2.68. The second-order valence-corrected chi connectivity index (χ2v) is 5.08. The second kappa shape index (κ2) is 6.99. The van der Waals surface area contributed by atoms with Crippen molar-refractivity contribution in [3.8, 4) is 0 Å². The van der Waals surface area contributed by atoms with Crippen molar-refractivity contribution in [1.29, 1.82) is 0 Å². The van der Waals surface area contributed by atoms with E-state index in [1.807, 2.05) is 39.2 Å². The van der Waals surface area contributed by atoms with E-state index in [4.69, 9.17) is 5.73 Å². The summed E-state index contributed by atoms with van der Waals surface area (Å²) >= 11 is 0. The summed E-state index contributed by atoms with van der Waals surface area (Å²) in [6.07, 6.45) is 0.929.